The summed E-state index contributed by atoms with van der Waals surface area (Å²) in [6.45, 7) is 4.33. The van der Waals surface area contributed by atoms with Gasteiger partial charge < -0.3 is 0 Å². The Bertz CT molecular complexity index is 80.8. The normalized spacial score (nSPS) is 10.9. The topological polar surface area (TPSA) is 15.3 Å². The molecule has 11 heavy (non-hydrogen) atoms. The van der Waals surface area contributed by atoms with E-state index in [1.54, 1.807) is 0 Å². The minimum absolute atomic E-state index is 1.01. The first kappa shape index (κ1) is 11.6. The minimum Gasteiger partial charge on any atom is -0.295 e. The first-order valence-electron chi connectivity index (χ1n) is 3.76. The predicted molar refractivity (Wildman–Crippen MR) is 57.1 cm³/mol. The average molecular weight is 194 g/mol. The van der Waals surface area contributed by atoms with Crippen molar-refractivity contribution in [3.8, 4) is 0 Å². The van der Waals surface area contributed by atoms with E-state index in [9.17, 15) is 0 Å². The van der Waals surface area contributed by atoms with E-state index in [-0.39, 0.29) is 0 Å². The lowest BCUT2D eigenvalue weighted by Crippen LogP contribution is -2.33. The van der Waals surface area contributed by atoms with E-state index in [0.29, 0.717) is 0 Å². The Hall–Kier alpha value is 0.620. The van der Waals surface area contributed by atoms with Crippen molar-refractivity contribution >= 4 is 23.5 Å². The van der Waals surface area contributed by atoms with Gasteiger partial charge in [-0.15, -0.1) is 23.5 Å². The van der Waals surface area contributed by atoms with Gasteiger partial charge in [0.05, 0.1) is 0 Å². The van der Waals surface area contributed by atoms with Crippen LogP contribution in [0.2, 0.25) is 0 Å². The van der Waals surface area contributed by atoms with E-state index in [2.05, 4.69) is 29.7 Å². The molecule has 0 aliphatic carbocycles. The predicted octanol–water partition coefficient (Wildman–Crippen LogP) is 1.50. The summed E-state index contributed by atoms with van der Waals surface area (Å²) in [5.41, 5.74) is 0. The second-order valence-electron chi connectivity index (χ2n) is 2.25. The van der Waals surface area contributed by atoms with Gasteiger partial charge in [-0.3, -0.25) is 10.2 Å². The quantitative estimate of drug-likeness (QED) is 0.488. The summed E-state index contributed by atoms with van der Waals surface area (Å²) < 4.78 is 0. The summed E-state index contributed by atoms with van der Waals surface area (Å²) in [4.78, 5) is 2.38. The van der Waals surface area contributed by atoms with Gasteiger partial charge in [-0.05, 0) is 19.1 Å². The Labute approximate surface area is 78.5 Å². The summed E-state index contributed by atoms with van der Waals surface area (Å²) in [7, 11) is 0. The van der Waals surface area contributed by atoms with Crippen molar-refractivity contribution in [3.05, 3.63) is 0 Å². The van der Waals surface area contributed by atoms with Crippen molar-refractivity contribution < 1.29 is 0 Å². The zero-order valence-corrected chi connectivity index (χ0v) is 9.23. The number of hydrogen-bond acceptors (Lipinski definition) is 4. The highest BCUT2D eigenvalue weighted by Gasteiger charge is 1.97. The Balaban J connectivity index is 3.20. The smallest absolute Gasteiger partial charge is 0.0494 e. The summed E-state index contributed by atoms with van der Waals surface area (Å²) in [6.07, 6.45) is 4.25. The van der Waals surface area contributed by atoms with Crippen LogP contribution in [0.15, 0.2) is 0 Å². The molecule has 0 saturated carbocycles. The molecule has 1 N–H and O–H groups in total. The van der Waals surface area contributed by atoms with E-state index in [1.165, 1.54) is 0 Å². The largest absolute Gasteiger partial charge is 0.295 e. The molecule has 0 radical (unpaired) electrons. The molecule has 0 aliphatic heterocycles. The molecule has 0 aliphatic rings. The molecular formula is C7H18N2S2. The maximum atomic E-state index is 3.35. The van der Waals surface area contributed by atoms with E-state index >= 15 is 0 Å². The molecule has 0 atom stereocenters. The van der Waals surface area contributed by atoms with Gasteiger partial charge in [0.25, 0.3) is 0 Å². The summed E-state index contributed by atoms with van der Waals surface area (Å²) in [5, 5.41) is 3.35. The molecule has 0 unspecified atom stereocenters. The zero-order chi connectivity index (χ0) is 8.53. The van der Waals surface area contributed by atoms with E-state index in [1.807, 2.05) is 23.5 Å². The lowest BCUT2D eigenvalue weighted by Gasteiger charge is -2.18. The monoisotopic (exact) mass is 194 g/mol. The number of hydrogen-bond donors (Lipinski definition) is 1. The standard InChI is InChI=1S/C7H18N2S2/c1-4-9(7-11-3)5-8-6-10-2/h8H,4-7H2,1-3H3. The summed E-state index contributed by atoms with van der Waals surface area (Å²) >= 11 is 3.70. The van der Waals surface area contributed by atoms with Crippen LogP contribution >= 0.6 is 23.5 Å². The molecule has 0 aromatic heterocycles. The third kappa shape index (κ3) is 7.00. The molecule has 0 heterocycles. The summed E-state index contributed by atoms with van der Waals surface area (Å²) in [6, 6.07) is 0. The van der Waals surface area contributed by atoms with Crippen LogP contribution in [0.1, 0.15) is 6.92 Å². The fourth-order valence-corrected chi connectivity index (χ4v) is 1.67. The maximum absolute atomic E-state index is 3.35. The van der Waals surface area contributed by atoms with E-state index in [4.69, 9.17) is 0 Å². The van der Waals surface area contributed by atoms with Crippen molar-refractivity contribution in [2.24, 2.45) is 0 Å². The van der Waals surface area contributed by atoms with Crippen molar-refractivity contribution in [1.29, 1.82) is 0 Å². The Morgan fingerprint density at radius 2 is 2.00 bits per heavy atom. The van der Waals surface area contributed by atoms with Crippen molar-refractivity contribution in [3.63, 3.8) is 0 Å². The number of nitrogens with zero attached hydrogens (tertiary/aromatic N) is 1. The maximum Gasteiger partial charge on any atom is 0.0494 e. The van der Waals surface area contributed by atoms with Crippen LogP contribution in [0.4, 0.5) is 0 Å². The van der Waals surface area contributed by atoms with Crippen molar-refractivity contribution in [2.75, 3.05) is 37.5 Å². The molecule has 0 saturated heterocycles. The highest BCUT2D eigenvalue weighted by Crippen LogP contribution is 1.97. The molecule has 0 amide bonds. The third-order valence-corrected chi connectivity index (χ3v) is 2.46. The molecule has 0 fully saturated rings. The second kappa shape index (κ2) is 8.71. The molecule has 0 rings (SSSR count). The molecule has 4 heteroatoms. The molecule has 68 valence electrons. The molecule has 0 bridgehead atoms. The van der Waals surface area contributed by atoms with Gasteiger partial charge in [-0.25, -0.2) is 0 Å². The van der Waals surface area contributed by atoms with Gasteiger partial charge >= 0.3 is 0 Å². The average Bonchev–Trinajstić information content (AvgIpc) is 2.03. The molecule has 0 spiro atoms. The van der Waals surface area contributed by atoms with Gasteiger partial charge in [0.15, 0.2) is 0 Å². The number of thioether (sulfide) groups is 2. The highest BCUT2D eigenvalue weighted by atomic mass is 32.2. The first-order valence-corrected chi connectivity index (χ1v) is 6.54. The van der Waals surface area contributed by atoms with Gasteiger partial charge in [0, 0.05) is 18.4 Å². The van der Waals surface area contributed by atoms with Gasteiger partial charge in [0.1, 0.15) is 0 Å². The van der Waals surface area contributed by atoms with Crippen LogP contribution < -0.4 is 5.32 Å². The minimum atomic E-state index is 1.01. The van der Waals surface area contributed by atoms with Crippen molar-refractivity contribution in [1.82, 2.24) is 10.2 Å². The fraction of sp³-hybridized carbons (Fsp3) is 1.00. The molecule has 0 aromatic rings. The number of rotatable bonds is 7. The Morgan fingerprint density at radius 3 is 2.45 bits per heavy atom. The van der Waals surface area contributed by atoms with Gasteiger partial charge in [-0.1, -0.05) is 6.92 Å². The first-order chi connectivity index (χ1) is 5.35. The lowest BCUT2D eigenvalue weighted by atomic mass is 10.6. The van der Waals surface area contributed by atoms with Crippen molar-refractivity contribution in [2.45, 2.75) is 6.92 Å². The van der Waals surface area contributed by atoms with Gasteiger partial charge in [0.2, 0.25) is 0 Å². The molecule has 0 aromatic carbocycles. The SMILES string of the molecule is CCN(CNCSC)CSC. The van der Waals surface area contributed by atoms with Crippen LogP contribution in [0, 0.1) is 0 Å². The van der Waals surface area contributed by atoms with Crippen LogP contribution in [0.3, 0.4) is 0 Å². The van der Waals surface area contributed by atoms with Crippen LogP contribution in [-0.4, -0.2) is 42.4 Å². The van der Waals surface area contributed by atoms with Crippen LogP contribution in [0.25, 0.3) is 0 Å². The fourth-order valence-electron chi connectivity index (χ4n) is 0.737. The van der Waals surface area contributed by atoms with E-state index in [0.717, 1.165) is 25.0 Å². The van der Waals surface area contributed by atoms with Gasteiger partial charge in [-0.2, -0.15) is 0 Å². The zero-order valence-electron chi connectivity index (χ0n) is 7.59. The molecule has 2 nitrogen and oxygen atoms in total. The second-order valence-corrected chi connectivity index (χ2v) is 3.95. The Morgan fingerprint density at radius 1 is 1.27 bits per heavy atom. The number of nitrogens with one attached hydrogen (secondary N) is 1. The van der Waals surface area contributed by atoms with Crippen LogP contribution in [0.5, 0.6) is 0 Å². The third-order valence-electron chi connectivity index (χ3n) is 1.34. The Kier molecular flexibility index (Phi) is 9.21. The highest BCUT2D eigenvalue weighted by molar-refractivity contribution is 7.98. The molecular weight excluding hydrogens is 176 g/mol. The lowest BCUT2D eigenvalue weighted by molar-refractivity contribution is 0.319. The van der Waals surface area contributed by atoms with Crippen LogP contribution in [-0.2, 0) is 0 Å². The summed E-state index contributed by atoms with van der Waals surface area (Å²) in [5.74, 6) is 2.17. The van der Waals surface area contributed by atoms with E-state index < -0.39 is 0 Å².